The minimum atomic E-state index is -0.526. The summed E-state index contributed by atoms with van der Waals surface area (Å²) in [5.74, 6) is 0. The summed E-state index contributed by atoms with van der Waals surface area (Å²) in [6, 6.07) is 0. The average molecular weight is 176 g/mol. The van der Waals surface area contributed by atoms with Crippen molar-refractivity contribution < 1.29 is 19.1 Å². The van der Waals surface area contributed by atoms with E-state index in [1.807, 2.05) is 0 Å². The maximum Gasteiger partial charge on any atom is 0.406 e. The lowest BCUT2D eigenvalue weighted by atomic mass is 10.6. The number of nitrogens with one attached hydrogen (secondary N) is 2. The van der Waals surface area contributed by atoms with Gasteiger partial charge >= 0.3 is 12.2 Å². The van der Waals surface area contributed by atoms with E-state index in [-0.39, 0.29) is 0 Å². The number of ether oxygens (including phenoxy) is 2. The van der Waals surface area contributed by atoms with E-state index in [0.717, 1.165) is 0 Å². The molecule has 0 spiro atoms. The topological polar surface area (TPSA) is 76.7 Å². The van der Waals surface area contributed by atoms with Crippen LogP contribution >= 0.6 is 0 Å². The summed E-state index contributed by atoms with van der Waals surface area (Å²) in [6.07, 6.45) is -1.05. The molecule has 0 heterocycles. The Hall–Kier alpha value is -1.46. The molecule has 0 aromatic heterocycles. The van der Waals surface area contributed by atoms with E-state index >= 15 is 0 Å². The number of carbonyl (C=O) groups excluding carboxylic acids is 2. The largest absolute Gasteiger partial charge is 0.453 e. The minimum absolute atomic E-state index is 0.307. The SMILES string of the molecule is COC(=O)NCCNC(=O)OC. The maximum atomic E-state index is 10.4. The Morgan fingerprint density at radius 3 is 1.58 bits per heavy atom. The Morgan fingerprint density at radius 2 is 1.33 bits per heavy atom. The Bertz CT molecular complexity index is 142. The predicted molar refractivity (Wildman–Crippen MR) is 40.8 cm³/mol. The first-order valence-corrected chi connectivity index (χ1v) is 3.34. The first-order chi connectivity index (χ1) is 5.70. The van der Waals surface area contributed by atoms with E-state index in [1.54, 1.807) is 0 Å². The molecule has 0 saturated carbocycles. The molecule has 70 valence electrons. The van der Waals surface area contributed by atoms with Gasteiger partial charge in [-0.25, -0.2) is 9.59 Å². The summed E-state index contributed by atoms with van der Waals surface area (Å²) in [7, 11) is 2.53. The second kappa shape index (κ2) is 6.26. The highest BCUT2D eigenvalue weighted by molar-refractivity contribution is 5.68. The van der Waals surface area contributed by atoms with Crippen LogP contribution in [0.25, 0.3) is 0 Å². The van der Waals surface area contributed by atoms with Crippen molar-refractivity contribution in [3.63, 3.8) is 0 Å². The lowest BCUT2D eigenvalue weighted by Crippen LogP contribution is -2.34. The van der Waals surface area contributed by atoms with E-state index in [0.29, 0.717) is 13.1 Å². The first-order valence-electron chi connectivity index (χ1n) is 3.34. The molecule has 0 aliphatic rings. The summed E-state index contributed by atoms with van der Waals surface area (Å²) in [6.45, 7) is 0.615. The summed E-state index contributed by atoms with van der Waals surface area (Å²) in [5, 5.41) is 4.76. The molecule has 6 heteroatoms. The number of hydrogen-bond acceptors (Lipinski definition) is 4. The zero-order valence-electron chi connectivity index (χ0n) is 7.05. The van der Waals surface area contributed by atoms with Crippen molar-refractivity contribution in [2.45, 2.75) is 0 Å². The van der Waals surface area contributed by atoms with Gasteiger partial charge in [0.05, 0.1) is 14.2 Å². The molecule has 0 fully saturated rings. The normalized spacial score (nSPS) is 8.50. The monoisotopic (exact) mass is 176 g/mol. The standard InChI is InChI=1S/C6H12N2O4/c1-11-5(9)7-3-4-8-6(10)12-2/h3-4H2,1-2H3,(H,7,9)(H,8,10). The molecule has 12 heavy (non-hydrogen) atoms. The van der Waals surface area contributed by atoms with Gasteiger partial charge in [-0.3, -0.25) is 0 Å². The lowest BCUT2D eigenvalue weighted by Gasteiger charge is -2.04. The highest BCUT2D eigenvalue weighted by atomic mass is 16.5. The van der Waals surface area contributed by atoms with Crippen molar-refractivity contribution in [2.24, 2.45) is 0 Å². The molecule has 0 rings (SSSR count). The van der Waals surface area contributed by atoms with Gasteiger partial charge in [0.2, 0.25) is 0 Å². The molecule has 0 aliphatic heterocycles. The summed E-state index contributed by atoms with van der Waals surface area (Å²) in [4.78, 5) is 20.9. The zero-order chi connectivity index (χ0) is 9.40. The van der Waals surface area contributed by atoms with Crippen molar-refractivity contribution in [1.82, 2.24) is 10.6 Å². The van der Waals surface area contributed by atoms with Crippen molar-refractivity contribution >= 4 is 12.2 Å². The second-order valence-corrected chi connectivity index (χ2v) is 1.84. The van der Waals surface area contributed by atoms with E-state index in [1.165, 1.54) is 14.2 Å². The molecular weight excluding hydrogens is 164 g/mol. The zero-order valence-corrected chi connectivity index (χ0v) is 7.05. The van der Waals surface area contributed by atoms with Gasteiger partial charge in [-0.1, -0.05) is 0 Å². The molecule has 0 aliphatic carbocycles. The highest BCUT2D eigenvalue weighted by Gasteiger charge is 1.98. The number of alkyl carbamates (subject to hydrolysis) is 2. The van der Waals surface area contributed by atoms with Crippen molar-refractivity contribution in [1.29, 1.82) is 0 Å². The van der Waals surface area contributed by atoms with Crippen LogP contribution in [0.1, 0.15) is 0 Å². The van der Waals surface area contributed by atoms with E-state index in [9.17, 15) is 9.59 Å². The predicted octanol–water partition coefficient (Wildman–Crippen LogP) is -0.302. The van der Waals surface area contributed by atoms with Crippen LogP contribution in [0.4, 0.5) is 9.59 Å². The molecule has 0 radical (unpaired) electrons. The van der Waals surface area contributed by atoms with Gasteiger partial charge in [-0.05, 0) is 0 Å². The average Bonchev–Trinajstić information content (AvgIpc) is 2.11. The minimum Gasteiger partial charge on any atom is -0.453 e. The van der Waals surface area contributed by atoms with E-state index < -0.39 is 12.2 Å². The van der Waals surface area contributed by atoms with Crippen LogP contribution in [0, 0.1) is 0 Å². The molecule has 0 unspecified atom stereocenters. The Kier molecular flexibility index (Phi) is 5.50. The molecular formula is C6H12N2O4. The number of hydrogen-bond donors (Lipinski definition) is 2. The Labute approximate surface area is 70.2 Å². The fourth-order valence-electron chi connectivity index (χ4n) is 0.473. The molecule has 0 saturated heterocycles. The van der Waals surface area contributed by atoms with Gasteiger partial charge in [0, 0.05) is 13.1 Å². The second-order valence-electron chi connectivity index (χ2n) is 1.84. The molecule has 0 aromatic carbocycles. The third-order valence-electron chi connectivity index (χ3n) is 1.03. The van der Waals surface area contributed by atoms with Gasteiger partial charge in [0.25, 0.3) is 0 Å². The van der Waals surface area contributed by atoms with Crippen LogP contribution < -0.4 is 10.6 Å². The molecule has 2 amide bonds. The number of rotatable bonds is 3. The summed E-state index contributed by atoms with van der Waals surface area (Å²) < 4.78 is 8.58. The van der Waals surface area contributed by atoms with Crippen LogP contribution in [-0.2, 0) is 9.47 Å². The third kappa shape index (κ3) is 5.33. The Balaban J connectivity index is 3.21. The fraction of sp³-hybridized carbons (Fsp3) is 0.667. The van der Waals surface area contributed by atoms with Crippen LogP contribution in [0.3, 0.4) is 0 Å². The fourth-order valence-corrected chi connectivity index (χ4v) is 0.473. The number of carbonyl (C=O) groups is 2. The van der Waals surface area contributed by atoms with Gasteiger partial charge in [-0.15, -0.1) is 0 Å². The molecule has 0 aromatic rings. The van der Waals surface area contributed by atoms with Gasteiger partial charge in [0.15, 0.2) is 0 Å². The van der Waals surface area contributed by atoms with E-state index in [4.69, 9.17) is 0 Å². The quantitative estimate of drug-likeness (QED) is 0.579. The number of methoxy groups -OCH3 is 2. The van der Waals surface area contributed by atoms with Crippen LogP contribution in [-0.4, -0.2) is 39.5 Å². The van der Waals surface area contributed by atoms with Crippen molar-refractivity contribution in [2.75, 3.05) is 27.3 Å². The summed E-state index contributed by atoms with van der Waals surface area (Å²) in [5.41, 5.74) is 0. The molecule has 0 bridgehead atoms. The van der Waals surface area contributed by atoms with Crippen LogP contribution in [0.15, 0.2) is 0 Å². The van der Waals surface area contributed by atoms with Gasteiger partial charge < -0.3 is 20.1 Å². The van der Waals surface area contributed by atoms with Crippen LogP contribution in [0.2, 0.25) is 0 Å². The lowest BCUT2D eigenvalue weighted by molar-refractivity contribution is 0.166. The van der Waals surface area contributed by atoms with Crippen molar-refractivity contribution in [3.8, 4) is 0 Å². The smallest absolute Gasteiger partial charge is 0.406 e. The summed E-state index contributed by atoms with van der Waals surface area (Å²) >= 11 is 0. The van der Waals surface area contributed by atoms with Gasteiger partial charge in [0.1, 0.15) is 0 Å². The number of amides is 2. The molecule has 6 nitrogen and oxygen atoms in total. The van der Waals surface area contributed by atoms with Gasteiger partial charge in [-0.2, -0.15) is 0 Å². The molecule has 2 N–H and O–H groups in total. The van der Waals surface area contributed by atoms with Crippen molar-refractivity contribution in [3.05, 3.63) is 0 Å². The van der Waals surface area contributed by atoms with Crippen LogP contribution in [0.5, 0.6) is 0 Å². The Morgan fingerprint density at radius 1 is 1.00 bits per heavy atom. The highest BCUT2D eigenvalue weighted by Crippen LogP contribution is 1.71. The third-order valence-corrected chi connectivity index (χ3v) is 1.03. The van der Waals surface area contributed by atoms with E-state index in [2.05, 4.69) is 20.1 Å². The molecule has 0 atom stereocenters. The maximum absolute atomic E-state index is 10.4. The first kappa shape index (κ1) is 10.5.